The van der Waals surface area contributed by atoms with Gasteiger partial charge in [0, 0.05) is 19.0 Å². The van der Waals surface area contributed by atoms with Crippen molar-refractivity contribution in [3.63, 3.8) is 0 Å². The number of rotatable bonds is 3. The second-order valence-corrected chi connectivity index (χ2v) is 4.90. The molecule has 0 spiro atoms. The van der Waals surface area contributed by atoms with Crippen molar-refractivity contribution in [2.75, 3.05) is 7.05 Å². The van der Waals surface area contributed by atoms with E-state index in [-0.39, 0.29) is 29.7 Å². The molecule has 5 heteroatoms. The van der Waals surface area contributed by atoms with Crippen LogP contribution < -0.4 is 16.4 Å². The van der Waals surface area contributed by atoms with Crippen molar-refractivity contribution >= 4 is 11.8 Å². The van der Waals surface area contributed by atoms with Gasteiger partial charge in [-0.2, -0.15) is 0 Å². The third-order valence-corrected chi connectivity index (χ3v) is 3.70. The Morgan fingerprint density at radius 2 is 2.00 bits per heavy atom. The topological polar surface area (TPSA) is 84.2 Å². The highest BCUT2D eigenvalue weighted by Gasteiger charge is 2.33. The Morgan fingerprint density at radius 3 is 2.59 bits per heavy atom. The molecule has 0 aromatic rings. The fourth-order valence-electron chi connectivity index (χ4n) is 2.37. The highest BCUT2D eigenvalue weighted by Crippen LogP contribution is 2.29. The number of hydrogen-bond donors (Lipinski definition) is 3. The number of likely N-dealkylation sites (N-methyl/N-ethyl adjacent to an activating group) is 1. The van der Waals surface area contributed by atoms with Gasteiger partial charge < -0.3 is 16.4 Å². The second kappa shape index (κ2) is 6.00. The first kappa shape index (κ1) is 14.0. The lowest BCUT2D eigenvalue weighted by Crippen LogP contribution is -2.49. The zero-order valence-electron chi connectivity index (χ0n) is 10.8. The molecule has 1 rings (SSSR count). The van der Waals surface area contributed by atoms with Gasteiger partial charge in [-0.1, -0.05) is 13.3 Å². The summed E-state index contributed by atoms with van der Waals surface area (Å²) < 4.78 is 0. The van der Waals surface area contributed by atoms with Gasteiger partial charge in [0.15, 0.2) is 0 Å². The third-order valence-electron chi connectivity index (χ3n) is 3.70. The van der Waals surface area contributed by atoms with Crippen LogP contribution in [0, 0.1) is 11.8 Å². The summed E-state index contributed by atoms with van der Waals surface area (Å²) in [5, 5.41) is 5.26. The number of carbonyl (C=O) groups excluding carboxylic acids is 2. The van der Waals surface area contributed by atoms with E-state index in [0.717, 1.165) is 19.3 Å². The van der Waals surface area contributed by atoms with Crippen LogP contribution in [0.3, 0.4) is 0 Å². The molecule has 1 fully saturated rings. The van der Waals surface area contributed by atoms with Crippen LogP contribution in [-0.2, 0) is 9.59 Å². The van der Waals surface area contributed by atoms with Gasteiger partial charge in [-0.25, -0.2) is 0 Å². The molecule has 4 atom stereocenters. The molecule has 0 bridgehead atoms. The maximum absolute atomic E-state index is 12.0. The molecule has 1 saturated carbocycles. The molecule has 2 amide bonds. The first-order chi connectivity index (χ1) is 7.97. The number of carbonyl (C=O) groups is 2. The Kier molecular flexibility index (Phi) is 4.93. The van der Waals surface area contributed by atoms with Crippen LogP contribution in [0.4, 0.5) is 0 Å². The standard InChI is InChI=1S/C12H23N3O2/c1-7-9(5-4-6-10(7)13)12(17)15-8(2)11(16)14-3/h7-10H,4-6,13H2,1-3H3,(H,14,16)(H,15,17). The average molecular weight is 241 g/mol. The number of hydrogen-bond acceptors (Lipinski definition) is 3. The normalized spacial score (nSPS) is 30.5. The molecule has 0 aromatic carbocycles. The summed E-state index contributed by atoms with van der Waals surface area (Å²) in [6.07, 6.45) is 2.83. The van der Waals surface area contributed by atoms with E-state index < -0.39 is 6.04 Å². The van der Waals surface area contributed by atoms with Gasteiger partial charge in [-0.3, -0.25) is 9.59 Å². The van der Waals surface area contributed by atoms with E-state index in [2.05, 4.69) is 10.6 Å². The molecule has 1 aliphatic carbocycles. The summed E-state index contributed by atoms with van der Waals surface area (Å²) in [4.78, 5) is 23.4. The Balaban J connectivity index is 2.54. The lowest BCUT2D eigenvalue weighted by atomic mass is 9.77. The third kappa shape index (κ3) is 3.43. The second-order valence-electron chi connectivity index (χ2n) is 4.90. The summed E-state index contributed by atoms with van der Waals surface area (Å²) in [6.45, 7) is 3.70. The van der Waals surface area contributed by atoms with Crippen molar-refractivity contribution in [1.82, 2.24) is 10.6 Å². The van der Waals surface area contributed by atoms with Crippen molar-refractivity contribution in [2.45, 2.75) is 45.2 Å². The summed E-state index contributed by atoms with van der Waals surface area (Å²) in [5.74, 6) is -0.110. The molecule has 0 aliphatic heterocycles. The van der Waals surface area contributed by atoms with Gasteiger partial charge in [-0.15, -0.1) is 0 Å². The zero-order chi connectivity index (χ0) is 13.0. The van der Waals surface area contributed by atoms with Crippen LogP contribution >= 0.6 is 0 Å². The van der Waals surface area contributed by atoms with E-state index in [0.29, 0.717) is 0 Å². The Hall–Kier alpha value is -1.10. The van der Waals surface area contributed by atoms with Gasteiger partial charge in [0.25, 0.3) is 0 Å². The predicted molar refractivity (Wildman–Crippen MR) is 66.2 cm³/mol. The van der Waals surface area contributed by atoms with Crippen LogP contribution in [0.2, 0.25) is 0 Å². The summed E-state index contributed by atoms with van der Waals surface area (Å²) in [7, 11) is 1.56. The molecule has 0 radical (unpaired) electrons. The van der Waals surface area contributed by atoms with Crippen molar-refractivity contribution in [2.24, 2.45) is 17.6 Å². The Morgan fingerprint density at radius 1 is 1.35 bits per heavy atom. The predicted octanol–water partition coefficient (Wildman–Crippen LogP) is 0.000600. The van der Waals surface area contributed by atoms with Crippen molar-refractivity contribution in [3.05, 3.63) is 0 Å². The molecule has 5 nitrogen and oxygen atoms in total. The number of nitrogens with one attached hydrogen (secondary N) is 2. The van der Waals surface area contributed by atoms with Crippen LogP contribution in [0.5, 0.6) is 0 Å². The van der Waals surface area contributed by atoms with Gasteiger partial charge in [0.2, 0.25) is 11.8 Å². The van der Waals surface area contributed by atoms with Crippen molar-refractivity contribution in [3.8, 4) is 0 Å². The molecular weight excluding hydrogens is 218 g/mol. The summed E-state index contributed by atoms with van der Waals surface area (Å²) in [5.41, 5.74) is 5.96. The quantitative estimate of drug-likeness (QED) is 0.650. The molecular formula is C12H23N3O2. The largest absolute Gasteiger partial charge is 0.357 e. The first-order valence-corrected chi connectivity index (χ1v) is 6.25. The fourth-order valence-corrected chi connectivity index (χ4v) is 2.37. The van der Waals surface area contributed by atoms with Gasteiger partial charge in [0.05, 0.1) is 0 Å². The summed E-state index contributed by atoms with van der Waals surface area (Å²) in [6, 6.07) is -0.396. The van der Waals surface area contributed by atoms with Gasteiger partial charge in [-0.05, 0) is 25.7 Å². The minimum Gasteiger partial charge on any atom is -0.357 e. The van der Waals surface area contributed by atoms with Crippen LogP contribution in [0.25, 0.3) is 0 Å². The van der Waals surface area contributed by atoms with E-state index in [1.165, 1.54) is 0 Å². The highest BCUT2D eigenvalue weighted by atomic mass is 16.2. The van der Waals surface area contributed by atoms with E-state index in [4.69, 9.17) is 5.73 Å². The summed E-state index contributed by atoms with van der Waals surface area (Å²) >= 11 is 0. The molecule has 0 saturated heterocycles. The average Bonchev–Trinajstić information content (AvgIpc) is 2.31. The van der Waals surface area contributed by atoms with Gasteiger partial charge >= 0.3 is 0 Å². The van der Waals surface area contributed by atoms with Crippen LogP contribution in [0.1, 0.15) is 33.1 Å². The van der Waals surface area contributed by atoms with Gasteiger partial charge in [0.1, 0.15) is 6.04 Å². The SMILES string of the molecule is CNC(=O)C(C)NC(=O)C1CCCC(N)C1C. The van der Waals surface area contributed by atoms with Crippen LogP contribution in [0.15, 0.2) is 0 Å². The maximum atomic E-state index is 12.0. The monoisotopic (exact) mass is 241 g/mol. The lowest BCUT2D eigenvalue weighted by Gasteiger charge is -2.33. The molecule has 17 heavy (non-hydrogen) atoms. The minimum absolute atomic E-state index is 0.0521. The maximum Gasteiger partial charge on any atom is 0.242 e. The molecule has 0 aromatic heterocycles. The first-order valence-electron chi connectivity index (χ1n) is 6.25. The lowest BCUT2D eigenvalue weighted by molar-refractivity contribution is -0.132. The van der Waals surface area contributed by atoms with Crippen LogP contribution in [-0.4, -0.2) is 30.9 Å². The van der Waals surface area contributed by atoms with E-state index in [1.807, 2.05) is 6.92 Å². The molecule has 1 aliphatic rings. The smallest absolute Gasteiger partial charge is 0.242 e. The number of amides is 2. The van der Waals surface area contributed by atoms with E-state index in [9.17, 15) is 9.59 Å². The number of nitrogens with two attached hydrogens (primary N) is 1. The highest BCUT2D eigenvalue weighted by molar-refractivity contribution is 5.88. The molecule has 4 unspecified atom stereocenters. The minimum atomic E-state index is -0.488. The molecule has 4 N–H and O–H groups in total. The molecule has 0 heterocycles. The van der Waals surface area contributed by atoms with Crippen molar-refractivity contribution < 1.29 is 9.59 Å². The zero-order valence-corrected chi connectivity index (χ0v) is 10.8. The van der Waals surface area contributed by atoms with Crippen molar-refractivity contribution in [1.29, 1.82) is 0 Å². The van der Waals surface area contributed by atoms with E-state index in [1.54, 1.807) is 14.0 Å². The fraction of sp³-hybridized carbons (Fsp3) is 0.833. The molecule has 98 valence electrons. The van der Waals surface area contributed by atoms with E-state index >= 15 is 0 Å². The Labute approximate surface area is 103 Å². The Bertz CT molecular complexity index is 293.